The fourth-order valence-corrected chi connectivity index (χ4v) is 2.67. The molecular formula is C19H24F2N4O. The van der Waals surface area contributed by atoms with Crippen molar-refractivity contribution in [3.63, 3.8) is 0 Å². The van der Waals surface area contributed by atoms with Crippen LogP contribution in [0.3, 0.4) is 0 Å². The number of nitrogens with one attached hydrogen (secondary N) is 1. The first-order chi connectivity index (χ1) is 11.9. The normalized spacial score (nSPS) is 13.5. The highest BCUT2D eigenvalue weighted by atomic mass is 19.1. The average Bonchev–Trinajstić information content (AvgIpc) is 2.84. The number of rotatable bonds is 4. The van der Waals surface area contributed by atoms with Crippen molar-refractivity contribution in [3.8, 4) is 0 Å². The Hall–Kier alpha value is -2.49. The number of nitrogens with zero attached hydrogens (tertiary/aromatic N) is 3. The van der Waals surface area contributed by atoms with E-state index in [4.69, 9.17) is 6.57 Å². The van der Waals surface area contributed by atoms with Gasteiger partial charge in [-0.2, -0.15) is 0 Å². The number of hydrogen-bond donors (Lipinski definition) is 1. The van der Waals surface area contributed by atoms with Gasteiger partial charge in [0.15, 0.2) is 5.69 Å². The molecule has 0 bridgehead atoms. The lowest BCUT2D eigenvalue weighted by Gasteiger charge is -2.27. The van der Waals surface area contributed by atoms with Gasteiger partial charge in [0.1, 0.15) is 17.5 Å². The minimum absolute atomic E-state index is 0.0339. The van der Waals surface area contributed by atoms with Gasteiger partial charge >= 0.3 is 0 Å². The zero-order chi connectivity index (χ0) is 19.9. The smallest absolute Gasteiger partial charge is 0.227 e. The van der Waals surface area contributed by atoms with Gasteiger partial charge in [-0.25, -0.2) is 18.6 Å². The van der Waals surface area contributed by atoms with E-state index in [0.29, 0.717) is 5.52 Å². The van der Waals surface area contributed by atoms with E-state index in [1.54, 1.807) is 24.5 Å². The maximum atomic E-state index is 14.3. The van der Waals surface area contributed by atoms with Gasteiger partial charge in [-0.05, 0) is 39.8 Å². The number of carbonyl (C=O) groups excluding carboxylic acids is 1. The number of halogens is 2. The summed E-state index contributed by atoms with van der Waals surface area (Å²) in [6.45, 7) is 17.6. The van der Waals surface area contributed by atoms with E-state index in [1.807, 2.05) is 20.8 Å². The number of aromatic nitrogens is 2. The average molecular weight is 362 g/mol. The maximum absolute atomic E-state index is 14.3. The van der Waals surface area contributed by atoms with Crippen LogP contribution in [-0.2, 0) is 10.3 Å². The number of fused-ring (bicyclic) bond motifs is 1. The molecule has 7 heteroatoms. The van der Waals surface area contributed by atoms with E-state index in [1.165, 1.54) is 6.92 Å². The summed E-state index contributed by atoms with van der Waals surface area (Å²) in [5, 5.41) is 2.68. The quantitative estimate of drug-likeness (QED) is 0.761. The molecule has 0 saturated heterocycles. The van der Waals surface area contributed by atoms with E-state index in [2.05, 4.69) is 15.1 Å². The molecule has 0 spiro atoms. The molecule has 1 aromatic carbocycles. The van der Waals surface area contributed by atoms with E-state index in [0.717, 1.165) is 6.07 Å². The molecule has 5 nitrogen and oxygen atoms in total. The Balaban J connectivity index is 2.52. The molecule has 1 heterocycles. The van der Waals surface area contributed by atoms with Crippen molar-refractivity contribution in [2.24, 2.45) is 5.41 Å². The summed E-state index contributed by atoms with van der Waals surface area (Å²) >= 11 is 0. The lowest BCUT2D eigenvalue weighted by molar-refractivity contribution is -0.119. The third kappa shape index (κ3) is 3.85. The molecule has 1 unspecified atom stereocenters. The van der Waals surface area contributed by atoms with Gasteiger partial charge in [0.2, 0.25) is 11.9 Å². The van der Waals surface area contributed by atoms with Crippen LogP contribution in [0.2, 0.25) is 0 Å². The minimum atomic E-state index is -1.16. The summed E-state index contributed by atoms with van der Waals surface area (Å²) in [5.41, 5.74) is -0.679. The van der Waals surface area contributed by atoms with Gasteiger partial charge in [-0.15, -0.1) is 0 Å². The monoisotopic (exact) mass is 362 g/mol. The first-order valence-electron chi connectivity index (χ1n) is 8.40. The van der Waals surface area contributed by atoms with Crippen LogP contribution in [0, 0.1) is 17.8 Å². The zero-order valence-corrected chi connectivity index (χ0v) is 15.9. The first kappa shape index (κ1) is 19.8. The lowest BCUT2D eigenvalue weighted by Crippen LogP contribution is -2.31. The van der Waals surface area contributed by atoms with Crippen molar-refractivity contribution in [1.82, 2.24) is 9.55 Å². The van der Waals surface area contributed by atoms with E-state index < -0.39 is 28.8 Å². The van der Waals surface area contributed by atoms with Crippen LogP contribution in [0.15, 0.2) is 12.1 Å². The molecule has 140 valence electrons. The molecule has 1 N–H and O–H groups in total. The Bertz CT molecular complexity index is 886. The fourth-order valence-electron chi connectivity index (χ4n) is 2.67. The number of hydrogen-bond acceptors (Lipinski definition) is 2. The summed E-state index contributed by atoms with van der Waals surface area (Å²) in [7, 11) is 0. The van der Waals surface area contributed by atoms with Gasteiger partial charge in [0.05, 0.1) is 12.1 Å². The standard InChI is InChI=1S/C19H24F2N4O/c1-11(20)19(5,6)10-15(26)23-17-24-16-13(21)8-12(22-7)9-14(16)25(17)18(2,3)4/h8-9,11H,10H2,1-6H3,(H,23,24,26). The van der Waals surface area contributed by atoms with Crippen LogP contribution in [-0.4, -0.2) is 21.6 Å². The van der Waals surface area contributed by atoms with Crippen molar-refractivity contribution in [2.45, 2.75) is 59.7 Å². The number of benzene rings is 1. The molecule has 2 rings (SSSR count). The van der Waals surface area contributed by atoms with Crippen molar-refractivity contribution in [2.75, 3.05) is 5.32 Å². The van der Waals surface area contributed by atoms with Crippen molar-refractivity contribution in [1.29, 1.82) is 0 Å². The second kappa shape index (κ2) is 6.67. The number of carbonyl (C=O) groups is 1. The summed E-state index contributed by atoms with van der Waals surface area (Å²) in [6, 6.07) is 2.67. The molecular weight excluding hydrogens is 338 g/mol. The van der Waals surface area contributed by atoms with Crippen LogP contribution in [0.25, 0.3) is 15.9 Å². The first-order valence-corrected chi connectivity index (χ1v) is 8.40. The van der Waals surface area contributed by atoms with Crippen LogP contribution in [0.5, 0.6) is 0 Å². The second-order valence-corrected chi connectivity index (χ2v) is 8.18. The molecule has 1 atom stereocenters. The molecule has 0 saturated carbocycles. The van der Waals surface area contributed by atoms with Crippen molar-refractivity contribution in [3.05, 3.63) is 29.4 Å². The van der Waals surface area contributed by atoms with Crippen molar-refractivity contribution >= 4 is 28.6 Å². The Morgan fingerprint density at radius 3 is 2.46 bits per heavy atom. The molecule has 2 aromatic rings. The topological polar surface area (TPSA) is 51.3 Å². The largest absolute Gasteiger partial charge is 0.306 e. The van der Waals surface area contributed by atoms with Crippen LogP contribution in [0.4, 0.5) is 20.4 Å². The number of amides is 1. The maximum Gasteiger partial charge on any atom is 0.227 e. The highest BCUT2D eigenvalue weighted by Gasteiger charge is 2.30. The Kier molecular flexibility index (Phi) is 5.09. The van der Waals surface area contributed by atoms with Gasteiger partial charge in [0.25, 0.3) is 0 Å². The van der Waals surface area contributed by atoms with E-state index >= 15 is 0 Å². The van der Waals surface area contributed by atoms with Gasteiger partial charge < -0.3 is 4.57 Å². The number of alkyl halides is 1. The third-order valence-corrected chi connectivity index (χ3v) is 4.44. The fraction of sp³-hybridized carbons (Fsp3) is 0.526. The highest BCUT2D eigenvalue weighted by molar-refractivity contribution is 5.92. The second-order valence-electron chi connectivity index (χ2n) is 8.18. The molecule has 1 amide bonds. The van der Waals surface area contributed by atoms with Crippen LogP contribution in [0.1, 0.15) is 48.0 Å². The molecule has 0 aliphatic rings. The third-order valence-electron chi connectivity index (χ3n) is 4.44. The predicted octanol–water partition coefficient (Wildman–Crippen LogP) is 5.19. The minimum Gasteiger partial charge on any atom is -0.306 e. The van der Waals surface area contributed by atoms with Crippen LogP contribution < -0.4 is 5.32 Å². The zero-order valence-electron chi connectivity index (χ0n) is 15.9. The summed E-state index contributed by atoms with van der Waals surface area (Å²) in [5.74, 6) is -0.836. The van der Waals surface area contributed by atoms with Gasteiger partial charge in [0, 0.05) is 17.4 Å². The molecule has 0 radical (unpaired) electrons. The Labute approximate surface area is 152 Å². The highest BCUT2D eigenvalue weighted by Crippen LogP contribution is 2.33. The molecule has 0 fully saturated rings. The Morgan fingerprint density at radius 2 is 1.96 bits per heavy atom. The molecule has 0 aliphatic heterocycles. The SMILES string of the molecule is [C-]#[N+]c1cc(F)c2nc(NC(=O)CC(C)(C)C(C)F)n(C(C)(C)C)c2c1. The number of imidazole rings is 1. The van der Waals surface area contributed by atoms with E-state index in [9.17, 15) is 13.6 Å². The molecule has 26 heavy (non-hydrogen) atoms. The lowest BCUT2D eigenvalue weighted by atomic mass is 9.84. The number of anilines is 1. The van der Waals surface area contributed by atoms with Gasteiger partial charge in [-0.3, -0.25) is 10.1 Å². The van der Waals surface area contributed by atoms with Crippen LogP contribution >= 0.6 is 0 Å². The predicted molar refractivity (Wildman–Crippen MR) is 98.5 cm³/mol. The summed E-state index contributed by atoms with van der Waals surface area (Å²) in [4.78, 5) is 19.9. The molecule has 0 aliphatic carbocycles. The summed E-state index contributed by atoms with van der Waals surface area (Å²) in [6.07, 6.45) is -1.19. The van der Waals surface area contributed by atoms with Gasteiger partial charge in [-0.1, -0.05) is 13.8 Å². The Morgan fingerprint density at radius 1 is 1.35 bits per heavy atom. The summed E-state index contributed by atoms with van der Waals surface area (Å²) < 4.78 is 29.7. The molecule has 1 aromatic heterocycles. The van der Waals surface area contributed by atoms with Crippen molar-refractivity contribution < 1.29 is 13.6 Å². The van der Waals surface area contributed by atoms with E-state index in [-0.39, 0.29) is 23.6 Å².